The summed E-state index contributed by atoms with van der Waals surface area (Å²) in [6, 6.07) is 8.85. The maximum atomic E-state index is 12.6. The number of nitrogens with one attached hydrogen (secondary N) is 1. The average Bonchev–Trinajstić information content (AvgIpc) is 3.11. The van der Waals surface area contributed by atoms with Crippen LogP contribution >= 0.6 is 0 Å². The number of esters is 1. The van der Waals surface area contributed by atoms with Gasteiger partial charge in [-0.05, 0) is 37.3 Å². The Bertz CT molecular complexity index is 894. The van der Waals surface area contributed by atoms with Gasteiger partial charge in [0, 0.05) is 42.7 Å². The lowest BCUT2D eigenvalue weighted by molar-refractivity contribution is -0.255. The zero-order valence-electron chi connectivity index (χ0n) is 16.7. The highest BCUT2D eigenvalue weighted by atomic mass is 16.7. The summed E-state index contributed by atoms with van der Waals surface area (Å²) in [5, 5.41) is 1.33. The number of piperidine rings is 1. The van der Waals surface area contributed by atoms with E-state index in [2.05, 4.69) is 41.1 Å². The Morgan fingerprint density at radius 2 is 2.07 bits per heavy atom. The van der Waals surface area contributed by atoms with Gasteiger partial charge in [-0.3, -0.25) is 9.69 Å². The van der Waals surface area contributed by atoms with E-state index >= 15 is 0 Å². The number of para-hydroxylation sites is 1. The van der Waals surface area contributed by atoms with Crippen LogP contribution in [0.1, 0.15) is 30.6 Å². The lowest BCUT2D eigenvalue weighted by Gasteiger charge is -2.53. The molecule has 6 heteroatoms. The molecule has 0 radical (unpaired) electrons. The first kappa shape index (κ1) is 18.2. The summed E-state index contributed by atoms with van der Waals surface area (Å²) >= 11 is 0. The highest BCUT2D eigenvalue weighted by Gasteiger charge is 2.53. The monoisotopic (exact) mass is 384 g/mol. The SMILES string of the molecule is COC(=O)[C@H]1[C@H](OC)O[C@@H](C)[C@H]2CN3CCc4c([nH]c5ccccc45)[C@@H]3C[C@@H]21. The van der Waals surface area contributed by atoms with E-state index in [0.717, 1.165) is 25.9 Å². The van der Waals surface area contributed by atoms with Crippen LogP contribution in [0.5, 0.6) is 0 Å². The predicted octanol–water partition coefficient (Wildman–Crippen LogP) is 2.88. The molecule has 0 bridgehead atoms. The second-order valence-electron chi connectivity index (χ2n) is 8.38. The molecule has 2 saturated heterocycles. The minimum absolute atomic E-state index is 0.0564. The minimum atomic E-state index is -0.541. The van der Waals surface area contributed by atoms with Crippen LogP contribution in [0.3, 0.4) is 0 Å². The number of hydrogen-bond acceptors (Lipinski definition) is 5. The fourth-order valence-electron chi connectivity index (χ4n) is 5.83. The number of aromatic amines is 1. The second-order valence-corrected chi connectivity index (χ2v) is 8.38. The Morgan fingerprint density at radius 1 is 1.25 bits per heavy atom. The molecule has 1 aromatic heterocycles. The number of ether oxygens (including phenoxy) is 3. The van der Waals surface area contributed by atoms with Gasteiger partial charge in [0.2, 0.25) is 0 Å². The van der Waals surface area contributed by atoms with E-state index in [0.29, 0.717) is 12.0 Å². The third kappa shape index (κ3) is 2.62. The fourth-order valence-corrected chi connectivity index (χ4v) is 5.83. The van der Waals surface area contributed by atoms with Gasteiger partial charge in [0.15, 0.2) is 6.29 Å². The topological polar surface area (TPSA) is 63.8 Å². The maximum absolute atomic E-state index is 12.6. The van der Waals surface area contributed by atoms with E-state index in [1.165, 1.54) is 29.3 Å². The molecule has 0 unspecified atom stereocenters. The Balaban J connectivity index is 1.53. The lowest BCUT2D eigenvalue weighted by atomic mass is 9.68. The van der Waals surface area contributed by atoms with Crippen molar-refractivity contribution < 1.29 is 19.0 Å². The van der Waals surface area contributed by atoms with Crippen molar-refractivity contribution in [2.45, 2.75) is 38.2 Å². The smallest absolute Gasteiger partial charge is 0.314 e. The summed E-state index contributed by atoms with van der Waals surface area (Å²) in [6.07, 6.45) is 1.49. The first-order chi connectivity index (χ1) is 13.6. The van der Waals surface area contributed by atoms with Crippen LogP contribution in [0, 0.1) is 17.8 Å². The Morgan fingerprint density at radius 3 is 2.86 bits per heavy atom. The Labute approximate surface area is 165 Å². The number of hydrogen-bond donors (Lipinski definition) is 1. The number of fused-ring (bicyclic) bond motifs is 6. The molecule has 6 nitrogen and oxygen atoms in total. The van der Waals surface area contributed by atoms with Gasteiger partial charge >= 0.3 is 5.97 Å². The van der Waals surface area contributed by atoms with Gasteiger partial charge in [0.05, 0.1) is 19.3 Å². The van der Waals surface area contributed by atoms with Crippen LogP contribution in [0.2, 0.25) is 0 Å². The van der Waals surface area contributed by atoms with E-state index in [1.54, 1.807) is 7.11 Å². The molecular weight excluding hydrogens is 356 g/mol. The normalized spacial score (nSPS) is 35.1. The molecule has 0 amide bonds. The van der Waals surface area contributed by atoms with E-state index in [9.17, 15) is 4.79 Å². The average molecular weight is 384 g/mol. The number of aromatic nitrogens is 1. The van der Waals surface area contributed by atoms with Gasteiger partial charge < -0.3 is 19.2 Å². The number of carbonyl (C=O) groups excluding carboxylic acids is 1. The number of methoxy groups -OCH3 is 2. The molecule has 1 N–H and O–H groups in total. The molecule has 5 rings (SSSR count). The van der Waals surface area contributed by atoms with Crippen LogP contribution in [0.4, 0.5) is 0 Å². The molecule has 2 fully saturated rings. The molecule has 0 spiro atoms. The molecule has 1 aromatic carbocycles. The van der Waals surface area contributed by atoms with Gasteiger partial charge in [-0.25, -0.2) is 0 Å². The number of H-pyrrole nitrogens is 1. The molecule has 3 aliphatic heterocycles. The van der Waals surface area contributed by atoms with Crippen LogP contribution in [0.15, 0.2) is 24.3 Å². The van der Waals surface area contributed by atoms with Gasteiger partial charge in [0.1, 0.15) is 5.92 Å². The summed E-state index contributed by atoms with van der Waals surface area (Å²) in [6.45, 7) is 4.09. The molecule has 150 valence electrons. The highest BCUT2D eigenvalue weighted by Crippen LogP contribution is 2.49. The second kappa shape index (κ2) is 6.87. The van der Waals surface area contributed by atoms with E-state index in [1.807, 2.05) is 0 Å². The Kier molecular flexibility index (Phi) is 4.45. The fraction of sp³-hybridized carbons (Fsp3) is 0.591. The first-order valence-corrected chi connectivity index (χ1v) is 10.2. The predicted molar refractivity (Wildman–Crippen MR) is 105 cm³/mol. The summed E-state index contributed by atoms with van der Waals surface area (Å²) < 4.78 is 16.8. The number of benzene rings is 1. The first-order valence-electron chi connectivity index (χ1n) is 10.2. The lowest BCUT2D eigenvalue weighted by Crippen LogP contribution is -2.58. The molecular formula is C22H28N2O4. The van der Waals surface area contributed by atoms with Crippen LogP contribution < -0.4 is 0 Å². The standard InChI is InChI=1S/C22H28N2O4/c1-12-16-11-24-9-8-14-13-6-4-5-7-17(13)23-20(14)18(24)10-15(16)19(21(25)26-2)22(27-3)28-12/h4-7,12,15-16,18-19,22-23H,8-11H2,1-3H3/t12-,15-,16+,18-,19-,22+/m0/s1. The van der Waals surface area contributed by atoms with Crippen molar-refractivity contribution in [3.63, 3.8) is 0 Å². The molecule has 3 aliphatic rings. The summed E-state index contributed by atoms with van der Waals surface area (Å²) in [5.41, 5.74) is 3.96. The summed E-state index contributed by atoms with van der Waals surface area (Å²) in [4.78, 5) is 18.9. The van der Waals surface area contributed by atoms with Crippen molar-refractivity contribution in [2.24, 2.45) is 17.8 Å². The quantitative estimate of drug-likeness (QED) is 0.807. The van der Waals surface area contributed by atoms with Gasteiger partial charge in [-0.1, -0.05) is 18.2 Å². The van der Waals surface area contributed by atoms with Crippen molar-refractivity contribution in [3.8, 4) is 0 Å². The number of nitrogens with zero attached hydrogens (tertiary/aromatic N) is 1. The maximum Gasteiger partial charge on any atom is 0.314 e. The molecule has 28 heavy (non-hydrogen) atoms. The van der Waals surface area contributed by atoms with Crippen LogP contribution in [-0.4, -0.2) is 55.6 Å². The van der Waals surface area contributed by atoms with E-state index < -0.39 is 6.29 Å². The van der Waals surface area contributed by atoms with Crippen molar-refractivity contribution >= 4 is 16.9 Å². The molecule has 2 aromatic rings. The number of carbonyl (C=O) groups is 1. The Hall–Kier alpha value is -1.89. The van der Waals surface area contributed by atoms with Crippen LogP contribution in [0.25, 0.3) is 10.9 Å². The zero-order valence-corrected chi connectivity index (χ0v) is 16.7. The highest BCUT2D eigenvalue weighted by molar-refractivity contribution is 5.85. The summed E-state index contributed by atoms with van der Waals surface area (Å²) in [7, 11) is 3.06. The third-order valence-electron chi connectivity index (χ3n) is 7.17. The largest absolute Gasteiger partial charge is 0.469 e. The minimum Gasteiger partial charge on any atom is -0.469 e. The van der Waals surface area contributed by atoms with E-state index in [-0.39, 0.29) is 23.9 Å². The van der Waals surface area contributed by atoms with Crippen molar-refractivity contribution in [2.75, 3.05) is 27.3 Å². The third-order valence-corrected chi connectivity index (χ3v) is 7.17. The summed E-state index contributed by atoms with van der Waals surface area (Å²) in [5.74, 6) is -0.125. The molecule has 0 aliphatic carbocycles. The van der Waals surface area contributed by atoms with E-state index in [4.69, 9.17) is 14.2 Å². The van der Waals surface area contributed by atoms with Crippen molar-refractivity contribution in [1.82, 2.24) is 9.88 Å². The zero-order chi connectivity index (χ0) is 19.4. The van der Waals surface area contributed by atoms with Gasteiger partial charge in [0.25, 0.3) is 0 Å². The molecule has 6 atom stereocenters. The molecule has 0 saturated carbocycles. The van der Waals surface area contributed by atoms with Gasteiger partial charge in [-0.2, -0.15) is 0 Å². The van der Waals surface area contributed by atoms with Crippen LogP contribution in [-0.2, 0) is 25.4 Å². The van der Waals surface area contributed by atoms with Gasteiger partial charge in [-0.15, -0.1) is 0 Å². The van der Waals surface area contributed by atoms with Crippen molar-refractivity contribution in [3.05, 3.63) is 35.5 Å². The van der Waals surface area contributed by atoms with Crippen molar-refractivity contribution in [1.29, 1.82) is 0 Å². The number of rotatable bonds is 2. The molecule has 4 heterocycles.